The fourth-order valence-electron chi connectivity index (χ4n) is 9.07. The fraction of sp³-hybridized carbons (Fsp3) is 0. The predicted molar refractivity (Wildman–Crippen MR) is 231 cm³/mol. The van der Waals surface area contributed by atoms with Crippen LogP contribution in [0.25, 0.3) is 110 Å². The van der Waals surface area contributed by atoms with E-state index in [4.69, 9.17) is 4.42 Å². The van der Waals surface area contributed by atoms with E-state index in [2.05, 4.69) is 191 Å². The zero-order valence-corrected chi connectivity index (χ0v) is 29.8. The minimum atomic E-state index is 0.903. The number of aromatic nitrogens is 2. The van der Waals surface area contributed by atoms with Crippen molar-refractivity contribution in [2.45, 2.75) is 0 Å². The molecule has 0 saturated carbocycles. The number of benzene rings is 9. The quantitative estimate of drug-likeness (QED) is 0.179. The molecule has 12 rings (SSSR count). The molecule has 3 heterocycles. The van der Waals surface area contributed by atoms with Gasteiger partial charge in [-0.25, -0.2) is 0 Å². The maximum Gasteiger partial charge on any atom is 0.135 e. The third kappa shape index (κ3) is 4.44. The third-order valence-electron chi connectivity index (χ3n) is 11.5. The van der Waals surface area contributed by atoms with Crippen molar-refractivity contribution in [2.75, 3.05) is 0 Å². The average Bonchev–Trinajstić information content (AvgIpc) is 3.90. The Morgan fingerprint density at radius 1 is 0.309 bits per heavy atom. The molecule has 0 fully saturated rings. The van der Waals surface area contributed by atoms with Crippen molar-refractivity contribution in [1.82, 2.24) is 9.13 Å². The van der Waals surface area contributed by atoms with Gasteiger partial charge in [-0.15, -0.1) is 0 Å². The van der Waals surface area contributed by atoms with Gasteiger partial charge in [-0.3, -0.25) is 0 Å². The number of para-hydroxylation sites is 3. The Morgan fingerprint density at radius 2 is 0.909 bits per heavy atom. The molecule has 0 saturated heterocycles. The number of fused-ring (bicyclic) bond motifs is 10. The first-order valence-electron chi connectivity index (χ1n) is 18.8. The Labute approximate surface area is 316 Å². The van der Waals surface area contributed by atoms with E-state index in [-0.39, 0.29) is 0 Å². The maximum atomic E-state index is 6.19. The van der Waals surface area contributed by atoms with E-state index in [0.29, 0.717) is 0 Å². The lowest BCUT2D eigenvalue weighted by molar-refractivity contribution is 0.669. The second-order valence-electron chi connectivity index (χ2n) is 14.5. The number of furan rings is 1. The Kier molecular flexibility index (Phi) is 6.34. The van der Waals surface area contributed by atoms with Crippen molar-refractivity contribution in [3.63, 3.8) is 0 Å². The molecule has 0 spiro atoms. The van der Waals surface area contributed by atoms with Gasteiger partial charge in [0, 0.05) is 43.7 Å². The molecule has 3 heteroatoms. The van der Waals surface area contributed by atoms with E-state index in [0.717, 1.165) is 33.3 Å². The van der Waals surface area contributed by atoms with Crippen LogP contribution in [0.1, 0.15) is 0 Å². The van der Waals surface area contributed by atoms with E-state index in [1.165, 1.54) is 76.6 Å². The van der Waals surface area contributed by atoms with E-state index >= 15 is 0 Å². The molecule has 256 valence electrons. The number of nitrogens with zero attached hydrogens (tertiary/aromatic N) is 2. The zero-order valence-electron chi connectivity index (χ0n) is 29.8. The van der Waals surface area contributed by atoms with Crippen molar-refractivity contribution in [2.24, 2.45) is 0 Å². The molecule has 12 aromatic rings. The van der Waals surface area contributed by atoms with Gasteiger partial charge in [-0.2, -0.15) is 0 Å². The normalized spacial score (nSPS) is 12.0. The average molecular weight is 701 g/mol. The molecule has 0 atom stereocenters. The minimum absolute atomic E-state index is 0.903. The largest absolute Gasteiger partial charge is 0.456 e. The monoisotopic (exact) mass is 700 g/mol. The molecule has 0 aliphatic heterocycles. The van der Waals surface area contributed by atoms with Gasteiger partial charge in [0.2, 0.25) is 0 Å². The Balaban J connectivity index is 1.11. The summed E-state index contributed by atoms with van der Waals surface area (Å²) >= 11 is 0. The van der Waals surface area contributed by atoms with Crippen LogP contribution >= 0.6 is 0 Å². The van der Waals surface area contributed by atoms with Crippen LogP contribution in [0, 0.1) is 0 Å². The topological polar surface area (TPSA) is 23.0 Å². The van der Waals surface area contributed by atoms with Crippen LogP contribution in [-0.4, -0.2) is 9.13 Å². The molecule has 0 amide bonds. The molecule has 0 bridgehead atoms. The summed E-state index contributed by atoms with van der Waals surface area (Å²) in [5.74, 6) is 0. The van der Waals surface area contributed by atoms with Gasteiger partial charge >= 0.3 is 0 Å². The summed E-state index contributed by atoms with van der Waals surface area (Å²) in [5, 5.41) is 9.72. The molecule has 0 N–H and O–H groups in total. The van der Waals surface area contributed by atoms with Crippen LogP contribution in [0.3, 0.4) is 0 Å². The zero-order chi connectivity index (χ0) is 36.0. The van der Waals surface area contributed by atoms with Crippen molar-refractivity contribution >= 4 is 76.3 Å². The van der Waals surface area contributed by atoms with E-state index in [9.17, 15) is 0 Å². The highest BCUT2D eigenvalue weighted by Crippen LogP contribution is 2.45. The van der Waals surface area contributed by atoms with E-state index < -0.39 is 0 Å². The lowest BCUT2D eigenvalue weighted by atomic mass is 9.92. The molecule has 55 heavy (non-hydrogen) atoms. The first-order chi connectivity index (χ1) is 27.3. The fourth-order valence-corrected chi connectivity index (χ4v) is 9.07. The van der Waals surface area contributed by atoms with Gasteiger partial charge in [0.15, 0.2) is 0 Å². The molecular formula is C52H32N2O. The van der Waals surface area contributed by atoms with E-state index in [1.807, 2.05) is 12.1 Å². The van der Waals surface area contributed by atoms with Crippen LogP contribution < -0.4 is 0 Å². The van der Waals surface area contributed by atoms with E-state index in [1.54, 1.807) is 0 Å². The third-order valence-corrected chi connectivity index (χ3v) is 11.5. The van der Waals surface area contributed by atoms with Crippen LogP contribution in [0.15, 0.2) is 199 Å². The lowest BCUT2D eigenvalue weighted by Crippen LogP contribution is -1.94. The summed E-state index contributed by atoms with van der Waals surface area (Å²) in [6.45, 7) is 0. The molecule has 0 unspecified atom stereocenters. The second-order valence-corrected chi connectivity index (χ2v) is 14.5. The highest BCUT2D eigenvalue weighted by atomic mass is 16.3. The summed E-state index contributed by atoms with van der Waals surface area (Å²) < 4.78 is 11.0. The Bertz CT molecular complexity index is 3470. The summed E-state index contributed by atoms with van der Waals surface area (Å²) in [7, 11) is 0. The summed E-state index contributed by atoms with van der Waals surface area (Å²) in [6, 6.07) is 70.4. The van der Waals surface area contributed by atoms with Crippen LogP contribution in [-0.2, 0) is 0 Å². The van der Waals surface area contributed by atoms with Gasteiger partial charge in [-0.1, -0.05) is 121 Å². The second kappa shape index (κ2) is 11.6. The van der Waals surface area contributed by atoms with Crippen LogP contribution in [0.5, 0.6) is 0 Å². The molecule has 0 radical (unpaired) electrons. The highest BCUT2D eigenvalue weighted by molar-refractivity contribution is 6.23. The van der Waals surface area contributed by atoms with Crippen molar-refractivity contribution < 1.29 is 4.42 Å². The lowest BCUT2D eigenvalue weighted by Gasteiger charge is -2.12. The SMILES string of the molecule is c1ccc(-c2c3ccccc3cc3c2c2cc(-c4ccc5c(c4)c4ccccc4n5-c4ccc5oc6ccccc6c5c4)ccc2n3-c2ccccc2)cc1. The van der Waals surface area contributed by atoms with Crippen molar-refractivity contribution in [3.8, 4) is 33.6 Å². The predicted octanol–water partition coefficient (Wildman–Crippen LogP) is 14.3. The first kappa shape index (κ1) is 30.1. The number of rotatable bonds is 4. The van der Waals surface area contributed by atoms with Crippen molar-refractivity contribution in [3.05, 3.63) is 194 Å². The number of hydrogen-bond donors (Lipinski definition) is 0. The molecular weight excluding hydrogens is 669 g/mol. The first-order valence-corrected chi connectivity index (χ1v) is 18.8. The van der Waals surface area contributed by atoms with Crippen LogP contribution in [0.2, 0.25) is 0 Å². The summed E-state index contributed by atoms with van der Waals surface area (Å²) in [5.41, 5.74) is 13.7. The molecule has 0 aliphatic carbocycles. The van der Waals surface area contributed by atoms with Gasteiger partial charge < -0.3 is 13.6 Å². The smallest absolute Gasteiger partial charge is 0.135 e. The van der Waals surface area contributed by atoms with Gasteiger partial charge in [-0.05, 0) is 106 Å². The number of hydrogen-bond acceptors (Lipinski definition) is 1. The molecule has 9 aromatic carbocycles. The molecule has 3 aromatic heterocycles. The van der Waals surface area contributed by atoms with Gasteiger partial charge in [0.05, 0.1) is 22.1 Å². The Hall–Kier alpha value is -7.36. The maximum absolute atomic E-state index is 6.19. The van der Waals surface area contributed by atoms with Crippen LogP contribution in [0.4, 0.5) is 0 Å². The molecule has 3 nitrogen and oxygen atoms in total. The highest BCUT2D eigenvalue weighted by Gasteiger charge is 2.21. The molecule has 0 aliphatic rings. The summed E-state index contributed by atoms with van der Waals surface area (Å²) in [4.78, 5) is 0. The van der Waals surface area contributed by atoms with Gasteiger partial charge in [0.1, 0.15) is 11.2 Å². The minimum Gasteiger partial charge on any atom is -0.456 e. The van der Waals surface area contributed by atoms with Crippen molar-refractivity contribution in [1.29, 1.82) is 0 Å². The summed E-state index contributed by atoms with van der Waals surface area (Å²) in [6.07, 6.45) is 0. The standard InChI is InChI=1S/C52H32N2O/c1-3-13-33(14-4-1)51-39-18-8-7-15-36(39)31-48-52(51)44-30-35(24-27-47(44)53(48)37-16-5-2-6-17-37)34-23-26-46-42(29-34)40-19-9-11-21-45(40)54(46)38-25-28-50-43(32-38)41-20-10-12-22-49(41)55-50/h1-32H. The Morgan fingerprint density at radius 3 is 1.73 bits per heavy atom. The van der Waals surface area contributed by atoms with Gasteiger partial charge in [0.25, 0.3) is 0 Å².